The summed E-state index contributed by atoms with van der Waals surface area (Å²) in [7, 11) is 0. The quantitative estimate of drug-likeness (QED) is 0.697. The highest BCUT2D eigenvalue weighted by atomic mass is 35.5. The Balaban J connectivity index is 2.01. The van der Waals surface area contributed by atoms with Crippen molar-refractivity contribution in [2.45, 2.75) is 64.3 Å². The summed E-state index contributed by atoms with van der Waals surface area (Å²) >= 11 is 6.17. The maximum Gasteiger partial charge on any atom is 0.127 e. The molecule has 3 heteroatoms. The molecule has 0 aliphatic heterocycles. The van der Waals surface area contributed by atoms with Crippen molar-refractivity contribution in [3.05, 3.63) is 34.6 Å². The van der Waals surface area contributed by atoms with Crippen molar-refractivity contribution in [1.82, 2.24) is 5.32 Å². The lowest BCUT2D eigenvalue weighted by atomic mass is 9.89. The first-order chi connectivity index (χ1) is 10.2. The first-order valence-corrected chi connectivity index (χ1v) is 8.74. The fourth-order valence-corrected chi connectivity index (χ4v) is 3.74. The van der Waals surface area contributed by atoms with Gasteiger partial charge in [-0.3, -0.25) is 0 Å². The molecule has 0 bridgehead atoms. The van der Waals surface area contributed by atoms with Crippen LogP contribution in [0.5, 0.6) is 0 Å². The third kappa shape index (κ3) is 5.27. The number of benzene rings is 1. The summed E-state index contributed by atoms with van der Waals surface area (Å²) in [5.41, 5.74) is 0.665. The van der Waals surface area contributed by atoms with Crippen LogP contribution in [-0.4, -0.2) is 12.6 Å². The second-order valence-electron chi connectivity index (χ2n) is 6.25. The van der Waals surface area contributed by atoms with E-state index in [2.05, 4.69) is 12.2 Å². The number of rotatable bonds is 6. The largest absolute Gasteiger partial charge is 0.314 e. The molecule has 1 atom stereocenters. The van der Waals surface area contributed by atoms with Crippen molar-refractivity contribution in [2.75, 3.05) is 6.54 Å². The van der Waals surface area contributed by atoms with Crippen molar-refractivity contribution in [3.8, 4) is 0 Å². The lowest BCUT2D eigenvalue weighted by molar-refractivity contribution is 0.351. The molecular formula is C18H27ClFN. The van der Waals surface area contributed by atoms with E-state index in [1.54, 1.807) is 12.1 Å². The van der Waals surface area contributed by atoms with Crippen molar-refractivity contribution < 1.29 is 4.39 Å². The van der Waals surface area contributed by atoms with Crippen LogP contribution < -0.4 is 5.32 Å². The van der Waals surface area contributed by atoms with Gasteiger partial charge in [0, 0.05) is 16.6 Å². The molecule has 0 heterocycles. The van der Waals surface area contributed by atoms with Crippen LogP contribution in [-0.2, 0) is 6.42 Å². The minimum absolute atomic E-state index is 0.175. The molecule has 0 spiro atoms. The lowest BCUT2D eigenvalue weighted by Crippen LogP contribution is -2.33. The molecular weight excluding hydrogens is 285 g/mol. The molecule has 1 saturated carbocycles. The van der Waals surface area contributed by atoms with E-state index in [1.165, 1.54) is 44.6 Å². The van der Waals surface area contributed by atoms with Gasteiger partial charge in [-0.1, -0.05) is 63.1 Å². The number of halogens is 2. The zero-order valence-corrected chi connectivity index (χ0v) is 13.8. The van der Waals surface area contributed by atoms with Gasteiger partial charge in [-0.15, -0.1) is 0 Å². The lowest BCUT2D eigenvalue weighted by Gasteiger charge is -2.24. The van der Waals surface area contributed by atoms with Crippen molar-refractivity contribution in [2.24, 2.45) is 5.92 Å². The van der Waals surface area contributed by atoms with Crippen LogP contribution in [0.1, 0.15) is 57.4 Å². The first-order valence-electron chi connectivity index (χ1n) is 8.37. The summed E-state index contributed by atoms with van der Waals surface area (Å²) in [6.45, 7) is 3.03. The molecule has 1 unspecified atom stereocenters. The van der Waals surface area contributed by atoms with E-state index in [-0.39, 0.29) is 5.82 Å². The Morgan fingerprint density at radius 1 is 1.24 bits per heavy atom. The molecule has 0 saturated heterocycles. The van der Waals surface area contributed by atoms with Gasteiger partial charge in [0.15, 0.2) is 0 Å². The van der Waals surface area contributed by atoms with Gasteiger partial charge in [0.1, 0.15) is 5.82 Å². The fraction of sp³-hybridized carbons (Fsp3) is 0.667. The van der Waals surface area contributed by atoms with Crippen LogP contribution in [0.15, 0.2) is 18.2 Å². The van der Waals surface area contributed by atoms with Gasteiger partial charge in [-0.05, 0) is 37.4 Å². The van der Waals surface area contributed by atoms with Gasteiger partial charge in [-0.25, -0.2) is 4.39 Å². The number of nitrogens with one attached hydrogen (secondary N) is 1. The Bertz CT molecular complexity index is 407. The summed E-state index contributed by atoms with van der Waals surface area (Å²) in [5.74, 6) is 0.605. The maximum atomic E-state index is 14.0. The maximum absolute atomic E-state index is 14.0. The summed E-state index contributed by atoms with van der Waals surface area (Å²) in [6.07, 6.45) is 9.94. The predicted octanol–water partition coefficient (Wildman–Crippen LogP) is 5.36. The van der Waals surface area contributed by atoms with Gasteiger partial charge in [-0.2, -0.15) is 0 Å². The average molecular weight is 312 g/mol. The molecule has 1 aliphatic carbocycles. The second kappa shape index (κ2) is 8.75. The molecule has 1 aromatic carbocycles. The molecule has 1 aliphatic rings. The Morgan fingerprint density at radius 3 is 2.57 bits per heavy atom. The van der Waals surface area contributed by atoms with Crippen LogP contribution in [0.2, 0.25) is 5.02 Å². The van der Waals surface area contributed by atoms with E-state index in [0.29, 0.717) is 23.0 Å². The zero-order chi connectivity index (χ0) is 15.1. The highest BCUT2D eigenvalue weighted by Crippen LogP contribution is 2.28. The van der Waals surface area contributed by atoms with Crippen molar-refractivity contribution >= 4 is 11.6 Å². The topological polar surface area (TPSA) is 12.0 Å². The molecule has 0 aromatic heterocycles. The SMILES string of the molecule is CCNC(Cc1c(F)cccc1Cl)CC1CCCCCC1. The summed E-state index contributed by atoms with van der Waals surface area (Å²) in [5, 5.41) is 4.08. The van der Waals surface area contributed by atoms with E-state index in [1.807, 2.05) is 0 Å². The molecule has 21 heavy (non-hydrogen) atoms. The summed E-state index contributed by atoms with van der Waals surface area (Å²) in [6, 6.07) is 5.30. The van der Waals surface area contributed by atoms with Gasteiger partial charge in [0.2, 0.25) is 0 Å². The van der Waals surface area contributed by atoms with Gasteiger partial charge < -0.3 is 5.32 Å². The van der Waals surface area contributed by atoms with E-state index in [9.17, 15) is 4.39 Å². The third-order valence-corrected chi connectivity index (χ3v) is 4.95. The highest BCUT2D eigenvalue weighted by molar-refractivity contribution is 6.31. The molecule has 1 nitrogen and oxygen atoms in total. The Kier molecular flexibility index (Phi) is 6.98. The average Bonchev–Trinajstić information content (AvgIpc) is 2.72. The molecule has 0 radical (unpaired) electrons. The minimum atomic E-state index is -0.175. The summed E-state index contributed by atoms with van der Waals surface area (Å²) < 4.78 is 14.0. The van der Waals surface area contributed by atoms with Crippen LogP contribution >= 0.6 is 11.6 Å². The first kappa shape index (κ1) is 16.8. The van der Waals surface area contributed by atoms with Crippen LogP contribution in [0.4, 0.5) is 4.39 Å². The zero-order valence-electron chi connectivity index (χ0n) is 13.0. The number of likely N-dealkylation sites (N-methyl/N-ethyl adjacent to an activating group) is 1. The van der Waals surface area contributed by atoms with Gasteiger partial charge >= 0.3 is 0 Å². The van der Waals surface area contributed by atoms with E-state index < -0.39 is 0 Å². The molecule has 118 valence electrons. The predicted molar refractivity (Wildman–Crippen MR) is 88.4 cm³/mol. The normalized spacial score (nSPS) is 18.4. The highest BCUT2D eigenvalue weighted by Gasteiger charge is 2.20. The standard InChI is InChI=1S/C18H27ClFN/c1-2-21-15(12-14-8-5-3-4-6-9-14)13-16-17(19)10-7-11-18(16)20/h7,10-11,14-15,21H,2-6,8-9,12-13H2,1H3. The molecule has 2 rings (SSSR count). The number of hydrogen-bond acceptors (Lipinski definition) is 1. The van der Waals surface area contributed by atoms with E-state index in [4.69, 9.17) is 11.6 Å². The molecule has 1 N–H and O–H groups in total. The fourth-order valence-electron chi connectivity index (χ4n) is 3.50. The Labute approximate surface area is 133 Å². The smallest absolute Gasteiger partial charge is 0.127 e. The van der Waals surface area contributed by atoms with Gasteiger partial charge in [0.05, 0.1) is 0 Å². The van der Waals surface area contributed by atoms with Crippen molar-refractivity contribution in [3.63, 3.8) is 0 Å². The molecule has 0 amide bonds. The van der Waals surface area contributed by atoms with Crippen molar-refractivity contribution in [1.29, 1.82) is 0 Å². The van der Waals surface area contributed by atoms with Crippen LogP contribution in [0, 0.1) is 11.7 Å². The molecule has 1 fully saturated rings. The van der Waals surface area contributed by atoms with Crippen LogP contribution in [0.3, 0.4) is 0 Å². The minimum Gasteiger partial charge on any atom is -0.314 e. The third-order valence-electron chi connectivity index (χ3n) is 4.60. The van der Waals surface area contributed by atoms with Crippen LogP contribution in [0.25, 0.3) is 0 Å². The van der Waals surface area contributed by atoms with Gasteiger partial charge in [0.25, 0.3) is 0 Å². The number of hydrogen-bond donors (Lipinski definition) is 1. The molecule has 1 aromatic rings. The monoisotopic (exact) mass is 311 g/mol. The van der Waals surface area contributed by atoms with E-state index in [0.717, 1.165) is 18.9 Å². The Morgan fingerprint density at radius 2 is 1.95 bits per heavy atom. The second-order valence-corrected chi connectivity index (χ2v) is 6.66. The van der Waals surface area contributed by atoms with E-state index >= 15 is 0 Å². The summed E-state index contributed by atoms with van der Waals surface area (Å²) in [4.78, 5) is 0. The Hall–Kier alpha value is -0.600.